The first-order valence-corrected chi connectivity index (χ1v) is 7.42. The van der Waals surface area contributed by atoms with Gasteiger partial charge in [0.05, 0.1) is 0 Å². The zero-order valence-corrected chi connectivity index (χ0v) is 13.2. The fourth-order valence-electron chi connectivity index (χ4n) is 3.11. The van der Waals surface area contributed by atoms with Gasteiger partial charge in [-0.25, -0.2) is 0 Å². The third-order valence-corrected chi connectivity index (χ3v) is 4.65. The highest BCUT2D eigenvalue weighted by Crippen LogP contribution is 2.34. The average molecular weight is 270 g/mol. The molecule has 4 heteroatoms. The second kappa shape index (κ2) is 6.23. The summed E-state index contributed by atoms with van der Waals surface area (Å²) in [5, 5.41) is 12.9. The molecule has 0 radical (unpaired) electrons. The summed E-state index contributed by atoms with van der Waals surface area (Å²) in [4.78, 5) is 14.0. The van der Waals surface area contributed by atoms with E-state index >= 15 is 0 Å². The molecule has 0 heterocycles. The number of aliphatic carboxylic acids is 1. The molecule has 0 aromatic rings. The van der Waals surface area contributed by atoms with Crippen LogP contribution in [0, 0.1) is 5.92 Å². The Kier molecular flexibility index (Phi) is 5.39. The van der Waals surface area contributed by atoms with Gasteiger partial charge in [0.25, 0.3) is 0 Å². The molecule has 1 fully saturated rings. The van der Waals surface area contributed by atoms with Crippen LogP contribution < -0.4 is 5.32 Å². The van der Waals surface area contributed by atoms with Crippen molar-refractivity contribution < 1.29 is 9.90 Å². The van der Waals surface area contributed by atoms with Crippen molar-refractivity contribution >= 4 is 5.97 Å². The largest absolute Gasteiger partial charge is 0.480 e. The molecule has 1 aliphatic carbocycles. The lowest BCUT2D eigenvalue weighted by Crippen LogP contribution is -2.54. The van der Waals surface area contributed by atoms with Gasteiger partial charge in [0.2, 0.25) is 0 Å². The number of hydrogen-bond donors (Lipinski definition) is 2. The Morgan fingerprint density at radius 2 is 1.89 bits per heavy atom. The van der Waals surface area contributed by atoms with Gasteiger partial charge in [-0.05, 0) is 53.0 Å². The molecule has 112 valence electrons. The molecule has 0 saturated heterocycles. The fourth-order valence-corrected chi connectivity index (χ4v) is 3.11. The Balaban J connectivity index is 2.76. The van der Waals surface area contributed by atoms with Gasteiger partial charge in [-0.3, -0.25) is 10.1 Å². The highest BCUT2D eigenvalue weighted by Gasteiger charge is 2.47. The minimum Gasteiger partial charge on any atom is -0.480 e. The van der Waals surface area contributed by atoms with Gasteiger partial charge in [-0.15, -0.1) is 0 Å². The van der Waals surface area contributed by atoms with Crippen LogP contribution in [0.3, 0.4) is 0 Å². The number of carboxylic acid groups (broad SMARTS) is 1. The lowest BCUT2D eigenvalue weighted by Gasteiger charge is -2.35. The van der Waals surface area contributed by atoms with Crippen LogP contribution in [0.15, 0.2) is 0 Å². The van der Waals surface area contributed by atoms with Crippen molar-refractivity contribution in [2.24, 2.45) is 5.92 Å². The van der Waals surface area contributed by atoms with Gasteiger partial charge in [-0.2, -0.15) is 0 Å². The maximum Gasteiger partial charge on any atom is 0.323 e. The molecule has 4 nitrogen and oxygen atoms in total. The quantitative estimate of drug-likeness (QED) is 0.778. The van der Waals surface area contributed by atoms with Crippen LogP contribution in [0.5, 0.6) is 0 Å². The van der Waals surface area contributed by atoms with E-state index in [9.17, 15) is 9.90 Å². The molecule has 1 rings (SSSR count). The molecule has 0 aliphatic heterocycles. The lowest BCUT2D eigenvalue weighted by molar-refractivity contribution is -0.145. The van der Waals surface area contributed by atoms with Crippen LogP contribution >= 0.6 is 0 Å². The standard InChI is InChI=1S/C15H30N2O2/c1-10(2)12(5)17(6)13-7-8-15(9-13,14(18)19)16-11(3)4/h10-13,16H,7-9H2,1-6H3,(H,18,19). The second-order valence-electron chi connectivity index (χ2n) is 6.73. The van der Waals surface area contributed by atoms with E-state index in [1.807, 2.05) is 13.8 Å². The molecule has 3 atom stereocenters. The van der Waals surface area contributed by atoms with Crippen molar-refractivity contribution in [2.45, 2.75) is 77.5 Å². The Hall–Kier alpha value is -0.610. The number of nitrogens with one attached hydrogen (secondary N) is 1. The summed E-state index contributed by atoms with van der Waals surface area (Å²) in [6.45, 7) is 10.7. The number of hydrogen-bond acceptors (Lipinski definition) is 3. The highest BCUT2D eigenvalue weighted by atomic mass is 16.4. The van der Waals surface area contributed by atoms with Gasteiger partial charge in [0.15, 0.2) is 0 Å². The maximum absolute atomic E-state index is 11.6. The van der Waals surface area contributed by atoms with E-state index in [1.165, 1.54) is 0 Å². The van der Waals surface area contributed by atoms with E-state index in [4.69, 9.17) is 0 Å². The van der Waals surface area contributed by atoms with Crippen LogP contribution in [-0.2, 0) is 4.79 Å². The first kappa shape index (κ1) is 16.4. The third-order valence-electron chi connectivity index (χ3n) is 4.65. The summed E-state index contributed by atoms with van der Waals surface area (Å²) >= 11 is 0. The molecule has 1 aliphatic rings. The zero-order chi connectivity index (χ0) is 14.8. The summed E-state index contributed by atoms with van der Waals surface area (Å²) in [5.41, 5.74) is -0.732. The predicted octanol–water partition coefficient (Wildman–Crippen LogP) is 2.34. The molecule has 1 saturated carbocycles. The first-order chi connectivity index (χ1) is 8.69. The van der Waals surface area contributed by atoms with Crippen molar-refractivity contribution in [3.05, 3.63) is 0 Å². The molecular formula is C15H30N2O2. The molecule has 19 heavy (non-hydrogen) atoms. The topological polar surface area (TPSA) is 52.6 Å². The molecule has 0 spiro atoms. The van der Waals surface area contributed by atoms with Gasteiger partial charge in [0.1, 0.15) is 5.54 Å². The number of carbonyl (C=O) groups is 1. The van der Waals surface area contributed by atoms with Crippen LogP contribution in [0.1, 0.15) is 53.9 Å². The first-order valence-electron chi connectivity index (χ1n) is 7.42. The zero-order valence-electron chi connectivity index (χ0n) is 13.2. The molecule has 0 aromatic carbocycles. The van der Waals surface area contributed by atoms with E-state index in [2.05, 4.69) is 38.0 Å². The number of carboxylic acids is 1. The third kappa shape index (κ3) is 3.69. The summed E-state index contributed by atoms with van der Waals surface area (Å²) in [7, 11) is 2.13. The predicted molar refractivity (Wildman–Crippen MR) is 78.3 cm³/mol. The van der Waals surface area contributed by atoms with Crippen LogP contribution in [0.2, 0.25) is 0 Å². The monoisotopic (exact) mass is 270 g/mol. The minimum absolute atomic E-state index is 0.197. The normalized spacial score (nSPS) is 29.4. The Bertz CT molecular complexity index is 317. The summed E-state index contributed by atoms with van der Waals surface area (Å²) < 4.78 is 0. The van der Waals surface area contributed by atoms with E-state index in [0.717, 1.165) is 12.8 Å². The highest BCUT2D eigenvalue weighted by molar-refractivity contribution is 5.79. The van der Waals surface area contributed by atoms with E-state index in [-0.39, 0.29) is 6.04 Å². The van der Waals surface area contributed by atoms with Gasteiger partial charge < -0.3 is 10.0 Å². The Morgan fingerprint density at radius 1 is 1.32 bits per heavy atom. The second-order valence-corrected chi connectivity index (χ2v) is 6.73. The van der Waals surface area contributed by atoms with E-state index in [1.54, 1.807) is 0 Å². The van der Waals surface area contributed by atoms with Crippen molar-refractivity contribution in [1.82, 2.24) is 10.2 Å². The van der Waals surface area contributed by atoms with Crippen molar-refractivity contribution in [2.75, 3.05) is 7.05 Å². The van der Waals surface area contributed by atoms with E-state index < -0.39 is 11.5 Å². The minimum atomic E-state index is -0.732. The molecular weight excluding hydrogens is 240 g/mol. The lowest BCUT2D eigenvalue weighted by atomic mass is 9.95. The van der Waals surface area contributed by atoms with Gasteiger partial charge >= 0.3 is 5.97 Å². The molecule has 0 bridgehead atoms. The van der Waals surface area contributed by atoms with Crippen LogP contribution in [0.4, 0.5) is 0 Å². The smallest absolute Gasteiger partial charge is 0.323 e. The van der Waals surface area contributed by atoms with Crippen LogP contribution in [0.25, 0.3) is 0 Å². The Labute approximate surface area is 117 Å². The fraction of sp³-hybridized carbons (Fsp3) is 0.933. The Morgan fingerprint density at radius 3 is 2.32 bits per heavy atom. The van der Waals surface area contributed by atoms with Gasteiger partial charge in [0, 0.05) is 18.1 Å². The van der Waals surface area contributed by atoms with Crippen molar-refractivity contribution in [3.63, 3.8) is 0 Å². The molecule has 3 unspecified atom stereocenters. The van der Waals surface area contributed by atoms with Gasteiger partial charge in [-0.1, -0.05) is 13.8 Å². The van der Waals surface area contributed by atoms with Crippen LogP contribution in [-0.4, -0.2) is 46.7 Å². The summed E-state index contributed by atoms with van der Waals surface area (Å²) in [6.07, 6.45) is 2.38. The van der Waals surface area contributed by atoms with E-state index in [0.29, 0.717) is 24.4 Å². The summed E-state index contributed by atoms with van der Waals surface area (Å²) in [6, 6.07) is 1.04. The molecule has 0 amide bonds. The van der Waals surface area contributed by atoms with Crippen molar-refractivity contribution in [3.8, 4) is 0 Å². The number of nitrogens with zero attached hydrogens (tertiary/aromatic N) is 1. The number of rotatable bonds is 6. The molecule has 0 aromatic heterocycles. The SMILES string of the molecule is CC(C)NC1(C(=O)O)CCC(N(C)C(C)C(C)C)C1. The average Bonchev–Trinajstić information content (AvgIpc) is 2.71. The maximum atomic E-state index is 11.6. The molecule has 2 N–H and O–H groups in total. The summed E-state index contributed by atoms with van der Waals surface area (Å²) in [5.74, 6) is -0.114. The van der Waals surface area contributed by atoms with Crippen molar-refractivity contribution in [1.29, 1.82) is 0 Å².